The fourth-order valence-electron chi connectivity index (χ4n) is 7.03. The third-order valence-corrected chi connectivity index (χ3v) is 8.83. The van der Waals surface area contributed by atoms with Gasteiger partial charge in [0.1, 0.15) is 24.2 Å². The minimum atomic E-state index is -1.19. The molecule has 2 bridgehead atoms. The lowest BCUT2D eigenvalue weighted by molar-refractivity contribution is -0.160. The van der Waals surface area contributed by atoms with Crippen LogP contribution in [0.15, 0.2) is 67.8 Å². The van der Waals surface area contributed by atoms with Crippen molar-refractivity contribution < 1.29 is 29.0 Å². The molecule has 3 unspecified atom stereocenters. The van der Waals surface area contributed by atoms with E-state index in [2.05, 4.69) is 13.2 Å². The highest BCUT2D eigenvalue weighted by Crippen LogP contribution is 2.65. The summed E-state index contributed by atoms with van der Waals surface area (Å²) in [4.78, 5) is 45.1. The van der Waals surface area contributed by atoms with Gasteiger partial charge < -0.3 is 24.4 Å². The topological polar surface area (TPSA) is 96.4 Å². The molecular weight excluding hydrogens is 496 g/mol. The lowest BCUT2D eigenvalue weighted by atomic mass is 9.62. The molecule has 206 valence electrons. The molecule has 3 fully saturated rings. The number of anilines is 1. The average Bonchev–Trinajstić information content (AvgIpc) is 3.44. The summed E-state index contributed by atoms with van der Waals surface area (Å²) in [7, 11) is 0. The van der Waals surface area contributed by atoms with Crippen LogP contribution in [-0.2, 0) is 23.9 Å². The molecule has 3 aliphatic rings. The Morgan fingerprint density at radius 1 is 1.21 bits per heavy atom. The van der Waals surface area contributed by atoms with E-state index in [9.17, 15) is 19.5 Å². The molecule has 8 nitrogen and oxygen atoms in total. The van der Waals surface area contributed by atoms with Crippen LogP contribution in [-0.4, -0.2) is 71.3 Å². The third-order valence-electron chi connectivity index (χ3n) is 8.83. The normalized spacial score (nSPS) is 30.8. The van der Waals surface area contributed by atoms with E-state index in [1.54, 1.807) is 11.0 Å². The Labute approximate surface area is 228 Å². The highest BCUT2D eigenvalue weighted by atomic mass is 16.6. The number of nitrogens with zero attached hydrogens (tertiary/aromatic N) is 2. The molecule has 2 amide bonds. The largest absolute Gasteiger partial charge is 0.461 e. The fourth-order valence-corrected chi connectivity index (χ4v) is 7.03. The van der Waals surface area contributed by atoms with Gasteiger partial charge in [0.2, 0.25) is 5.91 Å². The Hall–Kier alpha value is -3.49. The molecule has 3 heterocycles. The van der Waals surface area contributed by atoms with Crippen molar-refractivity contribution in [1.29, 1.82) is 0 Å². The number of likely N-dealkylation sites (tertiary alicyclic amines) is 1. The summed E-state index contributed by atoms with van der Waals surface area (Å²) in [5.41, 5.74) is -1.46. The van der Waals surface area contributed by atoms with Gasteiger partial charge in [0.05, 0.1) is 11.5 Å². The number of fused-ring (bicyclic) bond motifs is 2. The third kappa shape index (κ3) is 4.08. The molecule has 1 spiro atoms. The van der Waals surface area contributed by atoms with E-state index in [1.165, 1.54) is 11.0 Å². The van der Waals surface area contributed by atoms with Gasteiger partial charge in [0.25, 0.3) is 5.91 Å². The van der Waals surface area contributed by atoms with Gasteiger partial charge in [-0.25, -0.2) is 0 Å². The number of hydrogen-bond acceptors (Lipinski definition) is 6. The average molecular weight is 533 g/mol. The van der Waals surface area contributed by atoms with E-state index >= 15 is 0 Å². The Balaban J connectivity index is 1.60. The smallest absolute Gasteiger partial charge is 0.313 e. The second-order valence-corrected chi connectivity index (χ2v) is 11.0. The molecule has 0 aliphatic carbocycles. The molecule has 1 N–H and O–H groups in total. The highest BCUT2D eigenvalue weighted by Gasteiger charge is 2.80. The van der Waals surface area contributed by atoms with Crippen LogP contribution in [0.25, 0.3) is 10.8 Å². The summed E-state index contributed by atoms with van der Waals surface area (Å²) in [6.45, 7) is 11.6. The molecule has 5 rings (SSSR count). The van der Waals surface area contributed by atoms with Crippen molar-refractivity contribution in [3.63, 3.8) is 0 Å². The molecule has 3 aliphatic heterocycles. The first-order valence-electron chi connectivity index (χ1n) is 13.5. The number of esters is 1. The first-order valence-corrected chi connectivity index (χ1v) is 13.5. The van der Waals surface area contributed by atoms with E-state index in [4.69, 9.17) is 9.47 Å². The predicted octanol–water partition coefficient (Wildman–Crippen LogP) is 3.48. The number of carbonyl (C=O) groups excluding carboxylic acids is 3. The minimum Gasteiger partial charge on any atom is -0.461 e. The molecule has 0 saturated carbocycles. The zero-order chi connectivity index (χ0) is 27.9. The molecule has 0 aromatic heterocycles. The Morgan fingerprint density at radius 3 is 2.64 bits per heavy atom. The number of ether oxygens (including phenoxy) is 2. The van der Waals surface area contributed by atoms with Crippen molar-refractivity contribution in [1.82, 2.24) is 4.90 Å². The second kappa shape index (κ2) is 10.2. The van der Waals surface area contributed by atoms with E-state index in [1.807, 2.05) is 56.3 Å². The summed E-state index contributed by atoms with van der Waals surface area (Å²) < 4.78 is 12.2. The maximum absolute atomic E-state index is 14.6. The number of rotatable bonds is 10. The van der Waals surface area contributed by atoms with Crippen molar-refractivity contribution in [2.45, 2.75) is 43.9 Å². The lowest BCUT2D eigenvalue weighted by Gasteiger charge is -2.37. The van der Waals surface area contributed by atoms with Crippen LogP contribution in [0.4, 0.5) is 5.69 Å². The lowest BCUT2D eigenvalue weighted by Crippen LogP contribution is -2.57. The summed E-state index contributed by atoms with van der Waals surface area (Å²) in [5.74, 6) is -2.92. The van der Waals surface area contributed by atoms with Crippen LogP contribution < -0.4 is 4.90 Å². The highest BCUT2D eigenvalue weighted by molar-refractivity contribution is 6.05. The van der Waals surface area contributed by atoms with Crippen molar-refractivity contribution in [3.05, 3.63) is 67.8 Å². The second-order valence-electron chi connectivity index (χ2n) is 11.0. The minimum absolute atomic E-state index is 0.0271. The number of amides is 2. The van der Waals surface area contributed by atoms with Gasteiger partial charge in [0.15, 0.2) is 0 Å². The Bertz CT molecular complexity index is 1330. The number of aliphatic hydroxyl groups is 1. The van der Waals surface area contributed by atoms with E-state index in [0.29, 0.717) is 18.5 Å². The van der Waals surface area contributed by atoms with Gasteiger partial charge in [-0.05, 0) is 48.6 Å². The van der Waals surface area contributed by atoms with Crippen molar-refractivity contribution in [2.24, 2.45) is 17.8 Å². The SMILES string of the molecule is C=CCOC(=O)[C@@H]1[C@H]2C(=O)N(CCCO)C(C(=O)N(CC=C)c3ccc4ccccc4c3)C23CC(C)[C@@]1(C)O3. The molecule has 0 radical (unpaired) electrons. The summed E-state index contributed by atoms with van der Waals surface area (Å²) in [6, 6.07) is 12.7. The van der Waals surface area contributed by atoms with E-state index < -0.39 is 35.0 Å². The van der Waals surface area contributed by atoms with Gasteiger partial charge >= 0.3 is 5.97 Å². The van der Waals surface area contributed by atoms with Crippen LogP contribution >= 0.6 is 0 Å². The molecule has 8 heteroatoms. The maximum atomic E-state index is 14.6. The number of benzene rings is 2. The molecule has 2 aromatic carbocycles. The number of aliphatic hydroxyl groups excluding tert-OH is 1. The summed E-state index contributed by atoms with van der Waals surface area (Å²) in [6.07, 6.45) is 3.90. The van der Waals surface area contributed by atoms with Crippen LogP contribution in [0.2, 0.25) is 0 Å². The van der Waals surface area contributed by atoms with Gasteiger partial charge in [-0.1, -0.05) is 56.0 Å². The number of hydrogen-bond donors (Lipinski definition) is 1. The molecular formula is C31H36N2O6. The summed E-state index contributed by atoms with van der Waals surface area (Å²) in [5, 5.41) is 11.6. The summed E-state index contributed by atoms with van der Waals surface area (Å²) >= 11 is 0. The van der Waals surface area contributed by atoms with E-state index in [-0.39, 0.29) is 44.0 Å². The van der Waals surface area contributed by atoms with Crippen LogP contribution in [0.5, 0.6) is 0 Å². The first kappa shape index (κ1) is 27.1. The van der Waals surface area contributed by atoms with Crippen LogP contribution in [0.3, 0.4) is 0 Å². The van der Waals surface area contributed by atoms with Crippen LogP contribution in [0.1, 0.15) is 26.7 Å². The zero-order valence-corrected chi connectivity index (χ0v) is 22.5. The molecule has 2 aromatic rings. The monoisotopic (exact) mass is 532 g/mol. The van der Waals surface area contributed by atoms with Gasteiger partial charge in [-0.15, -0.1) is 6.58 Å². The maximum Gasteiger partial charge on any atom is 0.313 e. The standard InChI is InChI=1S/C31H36N2O6/c1-5-14-32(23-13-12-21-10-7-8-11-22(21)18-23)28(36)26-31-19-20(3)30(4,39-31)25(29(37)38-17-6-2)24(31)27(35)33(26)15-9-16-34/h5-8,10-13,18,20,24-26,34H,1-2,9,14-17,19H2,3-4H3/t20?,24-,25-,26?,30+,31?/m0/s1. The quantitative estimate of drug-likeness (QED) is 0.372. The molecule has 3 saturated heterocycles. The van der Waals surface area contributed by atoms with Gasteiger partial charge in [0, 0.05) is 25.4 Å². The number of carbonyl (C=O) groups is 3. The Kier molecular flexibility index (Phi) is 7.11. The van der Waals surface area contributed by atoms with Gasteiger partial charge in [-0.3, -0.25) is 14.4 Å². The Morgan fingerprint density at radius 2 is 1.95 bits per heavy atom. The van der Waals surface area contributed by atoms with Gasteiger partial charge in [-0.2, -0.15) is 0 Å². The molecule has 6 atom stereocenters. The zero-order valence-electron chi connectivity index (χ0n) is 22.5. The van der Waals surface area contributed by atoms with Crippen molar-refractivity contribution in [3.8, 4) is 0 Å². The van der Waals surface area contributed by atoms with Crippen molar-refractivity contribution >= 4 is 34.2 Å². The predicted molar refractivity (Wildman–Crippen MR) is 148 cm³/mol. The van der Waals surface area contributed by atoms with Crippen molar-refractivity contribution in [2.75, 3.05) is 31.2 Å². The fraction of sp³-hybridized carbons (Fsp3) is 0.452. The first-order chi connectivity index (χ1) is 18.7. The molecule has 39 heavy (non-hydrogen) atoms. The van der Waals surface area contributed by atoms with E-state index in [0.717, 1.165) is 10.8 Å². The van der Waals surface area contributed by atoms with Crippen LogP contribution in [0, 0.1) is 17.8 Å².